The molecule has 0 aliphatic heterocycles. The number of hydrogen-bond donors (Lipinski definition) is 1. The highest BCUT2D eigenvalue weighted by Gasteiger charge is 2.10. The minimum absolute atomic E-state index is 0.249. The van der Waals surface area contributed by atoms with Crippen molar-refractivity contribution in [3.8, 4) is 6.07 Å². The van der Waals surface area contributed by atoms with Gasteiger partial charge in [-0.05, 0) is 25.3 Å². The van der Waals surface area contributed by atoms with Gasteiger partial charge in [-0.1, -0.05) is 13.3 Å². The monoisotopic (exact) mass is 291 g/mol. The summed E-state index contributed by atoms with van der Waals surface area (Å²) >= 11 is 1.48. The van der Waals surface area contributed by atoms with E-state index in [9.17, 15) is 9.59 Å². The zero-order valence-corrected chi connectivity index (χ0v) is 12.3. The molecule has 0 bridgehead atoms. The van der Waals surface area contributed by atoms with E-state index in [2.05, 4.69) is 11.9 Å². The van der Waals surface area contributed by atoms with Crippen LogP contribution in [0.2, 0.25) is 0 Å². The number of thiophene rings is 1. The molecular formula is C14H17N3O2S. The molecule has 2 rings (SSSR count). The highest BCUT2D eigenvalue weighted by molar-refractivity contribution is 7.18. The van der Waals surface area contributed by atoms with Crippen molar-refractivity contribution in [2.24, 2.45) is 0 Å². The molecule has 20 heavy (non-hydrogen) atoms. The number of nitrogens with one attached hydrogen (secondary N) is 1. The van der Waals surface area contributed by atoms with E-state index in [1.807, 2.05) is 12.1 Å². The lowest BCUT2D eigenvalue weighted by Crippen LogP contribution is -2.34. The van der Waals surface area contributed by atoms with Gasteiger partial charge in [0.05, 0.1) is 11.5 Å². The van der Waals surface area contributed by atoms with Crippen LogP contribution in [0.25, 0.3) is 10.2 Å². The number of hydrogen-bond acceptors (Lipinski definition) is 4. The van der Waals surface area contributed by atoms with Crippen LogP contribution in [0.3, 0.4) is 0 Å². The van der Waals surface area contributed by atoms with Crippen molar-refractivity contribution in [3.05, 3.63) is 31.8 Å². The number of fused-ring (bicyclic) bond motifs is 1. The second-order valence-corrected chi connectivity index (χ2v) is 5.84. The van der Waals surface area contributed by atoms with Gasteiger partial charge in [-0.25, -0.2) is 4.79 Å². The van der Waals surface area contributed by atoms with Gasteiger partial charge in [-0.2, -0.15) is 5.26 Å². The Balaban J connectivity index is 2.39. The number of aromatic nitrogens is 2. The third-order valence-electron chi connectivity index (χ3n) is 3.17. The van der Waals surface area contributed by atoms with Crippen molar-refractivity contribution >= 4 is 21.6 Å². The van der Waals surface area contributed by atoms with Crippen LogP contribution in [0.5, 0.6) is 0 Å². The Labute approximate surface area is 120 Å². The number of aromatic amines is 1. The summed E-state index contributed by atoms with van der Waals surface area (Å²) in [5, 5.41) is 9.10. The third-order valence-corrected chi connectivity index (χ3v) is 4.28. The van der Waals surface area contributed by atoms with Crippen LogP contribution in [0.15, 0.2) is 15.7 Å². The van der Waals surface area contributed by atoms with E-state index in [-0.39, 0.29) is 17.8 Å². The fraction of sp³-hybridized carbons (Fsp3) is 0.500. The summed E-state index contributed by atoms with van der Waals surface area (Å²) in [6, 6.07) is 3.90. The van der Waals surface area contributed by atoms with E-state index in [4.69, 9.17) is 5.26 Å². The molecule has 0 atom stereocenters. The molecule has 0 aromatic carbocycles. The van der Waals surface area contributed by atoms with Gasteiger partial charge in [0.25, 0.3) is 5.56 Å². The Kier molecular flexibility index (Phi) is 4.74. The van der Waals surface area contributed by atoms with Gasteiger partial charge in [0, 0.05) is 17.8 Å². The molecular weight excluding hydrogens is 274 g/mol. The first kappa shape index (κ1) is 14.5. The van der Waals surface area contributed by atoms with Gasteiger partial charge >= 0.3 is 5.69 Å². The summed E-state index contributed by atoms with van der Waals surface area (Å²) in [6.07, 6.45) is 3.97. The van der Waals surface area contributed by atoms with E-state index >= 15 is 0 Å². The summed E-state index contributed by atoms with van der Waals surface area (Å²) < 4.78 is 1.19. The van der Waals surface area contributed by atoms with Crippen molar-refractivity contribution in [1.29, 1.82) is 5.26 Å². The van der Waals surface area contributed by atoms with Gasteiger partial charge in [0.1, 0.15) is 4.83 Å². The average Bonchev–Trinajstić information content (AvgIpc) is 2.83. The summed E-state index contributed by atoms with van der Waals surface area (Å²) in [7, 11) is 0. The molecule has 2 aromatic rings. The van der Waals surface area contributed by atoms with E-state index < -0.39 is 0 Å². The first-order valence-electron chi connectivity index (χ1n) is 6.80. The quantitative estimate of drug-likeness (QED) is 0.830. The molecule has 0 saturated heterocycles. The predicted octanol–water partition coefficient (Wildman–Crippen LogP) is 2.40. The minimum atomic E-state index is -0.385. The smallest absolute Gasteiger partial charge is 0.298 e. The largest absolute Gasteiger partial charge is 0.329 e. The molecule has 5 nitrogen and oxygen atoms in total. The van der Waals surface area contributed by atoms with E-state index in [0.717, 1.165) is 24.1 Å². The van der Waals surface area contributed by atoms with Crippen LogP contribution < -0.4 is 11.2 Å². The fourth-order valence-corrected chi connectivity index (χ4v) is 3.17. The maximum absolute atomic E-state index is 12.3. The van der Waals surface area contributed by atoms with Crippen molar-refractivity contribution in [2.45, 2.75) is 45.6 Å². The lowest BCUT2D eigenvalue weighted by atomic mass is 10.2. The summed E-state index contributed by atoms with van der Waals surface area (Å²) in [6.45, 7) is 2.41. The standard InChI is InChI=1S/C14H17N3O2S/c1-2-3-6-10-9-11-12(20-10)16-14(19)17(13(11)18)8-5-4-7-15/h9H,2-6,8H2,1H3,(H,16,19). The number of unbranched alkanes of at least 4 members (excludes halogenated alkanes) is 2. The number of nitriles is 1. The topological polar surface area (TPSA) is 78.7 Å². The second-order valence-electron chi connectivity index (χ2n) is 4.71. The maximum atomic E-state index is 12.3. The van der Waals surface area contributed by atoms with Gasteiger partial charge in [-0.15, -0.1) is 11.3 Å². The molecule has 1 N–H and O–H groups in total. The predicted molar refractivity (Wildman–Crippen MR) is 80.2 cm³/mol. The molecule has 0 radical (unpaired) electrons. The van der Waals surface area contributed by atoms with Crippen LogP contribution in [0, 0.1) is 11.3 Å². The molecule has 2 heterocycles. The van der Waals surface area contributed by atoms with E-state index in [1.54, 1.807) is 0 Å². The number of aryl methyl sites for hydroxylation is 1. The summed E-state index contributed by atoms with van der Waals surface area (Å²) in [4.78, 5) is 28.8. The molecule has 2 aromatic heterocycles. The number of H-pyrrole nitrogens is 1. The van der Waals surface area contributed by atoms with Gasteiger partial charge in [0.2, 0.25) is 0 Å². The molecule has 0 aliphatic carbocycles. The van der Waals surface area contributed by atoms with Crippen molar-refractivity contribution < 1.29 is 0 Å². The van der Waals surface area contributed by atoms with Gasteiger partial charge < -0.3 is 0 Å². The van der Waals surface area contributed by atoms with Crippen LogP contribution in [-0.4, -0.2) is 9.55 Å². The minimum Gasteiger partial charge on any atom is -0.298 e. The molecule has 0 saturated carbocycles. The van der Waals surface area contributed by atoms with Crippen molar-refractivity contribution in [1.82, 2.24) is 9.55 Å². The Hall–Kier alpha value is -1.87. The zero-order valence-electron chi connectivity index (χ0n) is 11.4. The fourth-order valence-electron chi connectivity index (χ4n) is 2.09. The average molecular weight is 291 g/mol. The summed E-state index contributed by atoms with van der Waals surface area (Å²) in [5.74, 6) is 0. The number of rotatable bonds is 6. The highest BCUT2D eigenvalue weighted by Crippen LogP contribution is 2.21. The normalized spacial score (nSPS) is 10.8. The first-order chi connectivity index (χ1) is 9.67. The van der Waals surface area contributed by atoms with Crippen LogP contribution in [0.1, 0.15) is 37.5 Å². The van der Waals surface area contributed by atoms with E-state index in [0.29, 0.717) is 23.1 Å². The lowest BCUT2D eigenvalue weighted by molar-refractivity contribution is 0.605. The zero-order chi connectivity index (χ0) is 14.5. The molecule has 0 unspecified atom stereocenters. The number of nitrogens with zero attached hydrogens (tertiary/aromatic N) is 2. The van der Waals surface area contributed by atoms with E-state index in [1.165, 1.54) is 15.9 Å². The SMILES string of the molecule is CCCCc1cc2c(=O)n(CCCC#N)c(=O)[nH]c2s1. The van der Waals surface area contributed by atoms with Crippen LogP contribution in [-0.2, 0) is 13.0 Å². The maximum Gasteiger partial charge on any atom is 0.329 e. The molecule has 6 heteroatoms. The summed E-state index contributed by atoms with van der Waals surface area (Å²) in [5.41, 5.74) is -0.634. The van der Waals surface area contributed by atoms with Crippen molar-refractivity contribution in [3.63, 3.8) is 0 Å². The first-order valence-corrected chi connectivity index (χ1v) is 7.61. The van der Waals surface area contributed by atoms with Gasteiger partial charge in [0.15, 0.2) is 0 Å². The molecule has 0 fully saturated rings. The van der Waals surface area contributed by atoms with Crippen LogP contribution >= 0.6 is 11.3 Å². The molecule has 106 valence electrons. The van der Waals surface area contributed by atoms with Gasteiger partial charge in [-0.3, -0.25) is 14.3 Å². The van der Waals surface area contributed by atoms with Crippen LogP contribution in [0.4, 0.5) is 0 Å². The molecule has 0 aliphatic rings. The Morgan fingerprint density at radius 3 is 2.90 bits per heavy atom. The molecule has 0 amide bonds. The second kappa shape index (κ2) is 6.53. The lowest BCUT2D eigenvalue weighted by Gasteiger charge is -2.01. The highest BCUT2D eigenvalue weighted by atomic mass is 32.1. The Morgan fingerprint density at radius 1 is 1.40 bits per heavy atom. The van der Waals surface area contributed by atoms with Crippen molar-refractivity contribution in [2.75, 3.05) is 0 Å². The molecule has 0 spiro atoms. The Bertz CT molecular complexity index is 748. The third kappa shape index (κ3) is 2.99. The Morgan fingerprint density at radius 2 is 2.20 bits per heavy atom.